The lowest BCUT2D eigenvalue weighted by molar-refractivity contribution is 0.134. The average molecular weight is 355 g/mol. The quantitative estimate of drug-likeness (QED) is 0.883. The van der Waals surface area contributed by atoms with Crippen LogP contribution in [0.1, 0.15) is 17.5 Å². The molecule has 0 aliphatic carbocycles. The Bertz CT molecular complexity index is 794. The molecule has 1 fully saturated rings. The van der Waals surface area contributed by atoms with Crippen LogP contribution in [0.4, 0.5) is 20.6 Å². The van der Waals surface area contributed by atoms with Gasteiger partial charge in [-0.15, -0.1) is 0 Å². The first-order chi connectivity index (χ1) is 12.7. The van der Waals surface area contributed by atoms with Crippen molar-refractivity contribution >= 4 is 17.4 Å². The molecule has 0 aromatic heterocycles. The topological polar surface area (TPSA) is 53.6 Å². The van der Waals surface area contributed by atoms with E-state index in [1.54, 1.807) is 12.1 Å². The lowest BCUT2D eigenvalue weighted by Crippen LogP contribution is -2.34. The summed E-state index contributed by atoms with van der Waals surface area (Å²) >= 11 is 0. The van der Waals surface area contributed by atoms with Gasteiger partial charge in [-0.3, -0.25) is 0 Å². The van der Waals surface area contributed by atoms with Crippen LogP contribution in [0, 0.1) is 11.7 Å². The number of hydrogen-bond acceptors (Lipinski definition) is 3. The van der Waals surface area contributed by atoms with Crippen LogP contribution in [0.5, 0.6) is 0 Å². The first kappa shape index (κ1) is 16.8. The lowest BCUT2D eigenvalue weighted by atomic mass is 10.1. The maximum atomic E-state index is 13.0. The molecule has 0 spiro atoms. The van der Waals surface area contributed by atoms with Crippen molar-refractivity contribution in [3.63, 3.8) is 0 Å². The van der Waals surface area contributed by atoms with Crippen molar-refractivity contribution in [3.8, 4) is 0 Å². The Morgan fingerprint density at radius 2 is 1.96 bits per heavy atom. The van der Waals surface area contributed by atoms with Crippen LogP contribution in [-0.2, 0) is 18.0 Å². The first-order valence-electron chi connectivity index (χ1n) is 8.92. The third kappa shape index (κ3) is 3.80. The summed E-state index contributed by atoms with van der Waals surface area (Å²) in [5.74, 6) is 0.167. The third-order valence-electron chi connectivity index (χ3n) is 5.01. The van der Waals surface area contributed by atoms with Crippen LogP contribution >= 0.6 is 0 Å². The molecule has 0 saturated carbocycles. The summed E-state index contributed by atoms with van der Waals surface area (Å²) < 4.78 is 18.4. The summed E-state index contributed by atoms with van der Waals surface area (Å²) in [6.45, 7) is 3.66. The lowest BCUT2D eigenvalue weighted by Gasteiger charge is -2.19. The van der Waals surface area contributed by atoms with Crippen molar-refractivity contribution in [1.29, 1.82) is 0 Å². The van der Waals surface area contributed by atoms with Gasteiger partial charge in [-0.25, -0.2) is 9.18 Å². The van der Waals surface area contributed by atoms with Gasteiger partial charge < -0.3 is 20.3 Å². The molecule has 0 radical (unpaired) electrons. The number of carbonyl (C=O) groups is 1. The fourth-order valence-corrected chi connectivity index (χ4v) is 3.55. The zero-order valence-electron chi connectivity index (χ0n) is 14.5. The SMILES string of the molecule is O=C(NCC1CCN(c2ccc(F)cc2)C1)Nc1ccc2c(c1)COC2. The standard InChI is InChI=1S/C20H22FN3O2/c21-17-2-5-19(6-3-17)24-8-7-14(11-24)10-22-20(25)23-18-4-1-15-12-26-13-16(15)9-18/h1-6,9,14H,7-8,10-13H2,(H2,22,23,25). The minimum Gasteiger partial charge on any atom is -0.372 e. The van der Waals surface area contributed by atoms with E-state index in [2.05, 4.69) is 15.5 Å². The first-order valence-corrected chi connectivity index (χ1v) is 8.92. The Labute approximate surface area is 152 Å². The van der Waals surface area contributed by atoms with E-state index < -0.39 is 0 Å². The monoisotopic (exact) mass is 355 g/mol. The Morgan fingerprint density at radius 3 is 2.81 bits per heavy atom. The number of rotatable bonds is 4. The zero-order valence-corrected chi connectivity index (χ0v) is 14.5. The van der Waals surface area contributed by atoms with Gasteiger partial charge in [-0.2, -0.15) is 0 Å². The highest BCUT2D eigenvalue weighted by Crippen LogP contribution is 2.24. The van der Waals surface area contributed by atoms with Crippen molar-refractivity contribution in [2.24, 2.45) is 5.92 Å². The summed E-state index contributed by atoms with van der Waals surface area (Å²) in [7, 11) is 0. The second-order valence-corrected chi connectivity index (χ2v) is 6.89. The van der Waals surface area contributed by atoms with Crippen LogP contribution in [-0.4, -0.2) is 25.7 Å². The molecule has 6 heteroatoms. The number of fused-ring (bicyclic) bond motifs is 1. The van der Waals surface area contributed by atoms with Gasteiger partial charge in [0.05, 0.1) is 13.2 Å². The van der Waals surface area contributed by atoms with Crippen molar-refractivity contribution in [3.05, 3.63) is 59.4 Å². The Hall–Kier alpha value is -2.60. The van der Waals surface area contributed by atoms with Gasteiger partial charge in [0.2, 0.25) is 0 Å². The molecule has 0 bridgehead atoms. The predicted octanol–water partition coefficient (Wildman–Crippen LogP) is 3.50. The van der Waals surface area contributed by atoms with Gasteiger partial charge in [-0.1, -0.05) is 6.07 Å². The number of nitrogens with one attached hydrogen (secondary N) is 2. The molecule has 2 aliphatic rings. The number of halogens is 1. The summed E-state index contributed by atoms with van der Waals surface area (Å²) in [5.41, 5.74) is 4.13. The number of urea groups is 1. The normalized spacial score (nSPS) is 18.7. The smallest absolute Gasteiger partial charge is 0.319 e. The van der Waals surface area contributed by atoms with Crippen LogP contribution in [0.3, 0.4) is 0 Å². The minimum absolute atomic E-state index is 0.191. The molecule has 1 saturated heterocycles. The van der Waals surface area contributed by atoms with Crippen molar-refractivity contribution in [2.75, 3.05) is 29.9 Å². The fraction of sp³-hybridized carbons (Fsp3) is 0.350. The maximum absolute atomic E-state index is 13.0. The van der Waals surface area contributed by atoms with Gasteiger partial charge in [0.25, 0.3) is 0 Å². The van der Waals surface area contributed by atoms with Crippen LogP contribution in [0.2, 0.25) is 0 Å². The number of nitrogens with zero attached hydrogens (tertiary/aromatic N) is 1. The molecule has 1 unspecified atom stereocenters. The highest BCUT2D eigenvalue weighted by molar-refractivity contribution is 5.89. The van der Waals surface area contributed by atoms with E-state index in [4.69, 9.17) is 4.74 Å². The zero-order chi connectivity index (χ0) is 17.9. The molecule has 2 aliphatic heterocycles. The van der Waals surface area contributed by atoms with Gasteiger partial charge in [0.1, 0.15) is 5.82 Å². The van der Waals surface area contributed by atoms with Crippen molar-refractivity contribution in [2.45, 2.75) is 19.6 Å². The van der Waals surface area contributed by atoms with Crippen molar-refractivity contribution in [1.82, 2.24) is 5.32 Å². The number of benzene rings is 2. The number of hydrogen-bond donors (Lipinski definition) is 2. The summed E-state index contributed by atoms with van der Waals surface area (Å²) in [5, 5.41) is 5.84. The second kappa shape index (κ2) is 7.33. The van der Waals surface area contributed by atoms with Crippen LogP contribution in [0.15, 0.2) is 42.5 Å². The van der Waals surface area contributed by atoms with Gasteiger partial charge in [0.15, 0.2) is 0 Å². The van der Waals surface area contributed by atoms with Crippen LogP contribution < -0.4 is 15.5 Å². The number of anilines is 2. The van der Waals surface area contributed by atoms with Gasteiger partial charge in [0, 0.05) is 31.0 Å². The number of amides is 2. The molecule has 2 aromatic carbocycles. The van der Waals surface area contributed by atoms with E-state index in [-0.39, 0.29) is 11.8 Å². The van der Waals surface area contributed by atoms with Crippen LogP contribution in [0.25, 0.3) is 0 Å². The fourth-order valence-electron chi connectivity index (χ4n) is 3.55. The van der Waals surface area contributed by atoms with E-state index >= 15 is 0 Å². The second-order valence-electron chi connectivity index (χ2n) is 6.89. The highest BCUT2D eigenvalue weighted by Gasteiger charge is 2.23. The molecule has 1 atom stereocenters. The Morgan fingerprint density at radius 1 is 1.15 bits per heavy atom. The van der Waals surface area contributed by atoms with E-state index in [0.29, 0.717) is 25.7 Å². The van der Waals surface area contributed by atoms with Gasteiger partial charge in [-0.05, 0) is 59.9 Å². The van der Waals surface area contributed by atoms with E-state index in [0.717, 1.165) is 36.4 Å². The molecule has 26 heavy (non-hydrogen) atoms. The molecule has 5 nitrogen and oxygen atoms in total. The number of carbonyl (C=O) groups excluding carboxylic acids is 1. The molecule has 4 rings (SSSR count). The summed E-state index contributed by atoms with van der Waals surface area (Å²) in [4.78, 5) is 14.4. The van der Waals surface area contributed by atoms with E-state index in [9.17, 15) is 9.18 Å². The molecule has 2 amide bonds. The van der Waals surface area contributed by atoms with Gasteiger partial charge >= 0.3 is 6.03 Å². The molecular formula is C20H22FN3O2. The Balaban J connectivity index is 1.25. The predicted molar refractivity (Wildman–Crippen MR) is 98.7 cm³/mol. The van der Waals surface area contributed by atoms with E-state index in [1.165, 1.54) is 17.7 Å². The maximum Gasteiger partial charge on any atom is 0.319 e. The van der Waals surface area contributed by atoms with Crippen molar-refractivity contribution < 1.29 is 13.9 Å². The summed E-state index contributed by atoms with van der Waals surface area (Å²) in [6, 6.07) is 12.2. The highest BCUT2D eigenvalue weighted by atomic mass is 19.1. The molecule has 2 aromatic rings. The largest absolute Gasteiger partial charge is 0.372 e. The molecule has 2 heterocycles. The average Bonchev–Trinajstić information content (AvgIpc) is 3.29. The number of ether oxygens (including phenoxy) is 1. The Kier molecular flexibility index (Phi) is 4.75. The molecule has 136 valence electrons. The minimum atomic E-state index is -0.221. The summed E-state index contributed by atoms with van der Waals surface area (Å²) in [6.07, 6.45) is 1.01. The van der Waals surface area contributed by atoms with E-state index in [1.807, 2.05) is 18.2 Å². The third-order valence-corrected chi connectivity index (χ3v) is 5.01. The molecule has 2 N–H and O–H groups in total. The molecular weight excluding hydrogens is 333 g/mol.